The molecule has 0 atom stereocenters. The van der Waals surface area contributed by atoms with Gasteiger partial charge in [0.05, 0.1) is 0 Å². The lowest BCUT2D eigenvalue weighted by Gasteiger charge is -2.08. The summed E-state index contributed by atoms with van der Waals surface area (Å²) in [5, 5.41) is 0. The van der Waals surface area contributed by atoms with Crippen molar-refractivity contribution < 1.29 is 0 Å². The molecule has 1 rings (SSSR count). The molecule has 2 nitrogen and oxygen atoms in total. The van der Waals surface area contributed by atoms with Crippen LogP contribution in [-0.2, 0) is 0 Å². The molecule has 0 heterocycles. The van der Waals surface area contributed by atoms with E-state index in [1.165, 1.54) is 11.1 Å². The third kappa shape index (κ3) is 6.66. The Hall–Kier alpha value is -1.01. The van der Waals surface area contributed by atoms with Crippen molar-refractivity contribution in [2.75, 3.05) is 0 Å². The smallest absolute Gasteiger partial charge is 0.172 e. The maximum absolute atomic E-state index is 4.63. The Morgan fingerprint density at radius 2 is 0.944 bits per heavy atom. The first-order valence-corrected chi connectivity index (χ1v) is 13.3. The van der Waals surface area contributed by atoms with Gasteiger partial charge >= 0.3 is 0 Å². The summed E-state index contributed by atoms with van der Waals surface area (Å²) in [6, 6.07) is 8.43. The van der Waals surface area contributed by atoms with E-state index in [9.17, 15) is 0 Å². The van der Waals surface area contributed by atoms with Gasteiger partial charge < -0.3 is 9.32 Å². The zero-order chi connectivity index (χ0) is 13.8. The molecule has 0 saturated carbocycles. The lowest BCUT2D eigenvalue weighted by Crippen LogP contribution is -2.16. The van der Waals surface area contributed by atoms with Crippen LogP contribution < -0.4 is 0 Å². The van der Waals surface area contributed by atoms with Crippen LogP contribution in [0.2, 0.25) is 39.3 Å². The van der Waals surface area contributed by atoms with Gasteiger partial charge in [-0.1, -0.05) is 24.3 Å². The van der Waals surface area contributed by atoms with Crippen molar-refractivity contribution >= 4 is 28.9 Å². The molecule has 0 amide bonds. The molecule has 1 aromatic carbocycles. The van der Waals surface area contributed by atoms with Crippen LogP contribution in [0.4, 0.5) is 0 Å². The van der Waals surface area contributed by atoms with Crippen molar-refractivity contribution in [1.82, 2.24) is 0 Å². The maximum atomic E-state index is 4.63. The van der Waals surface area contributed by atoms with Gasteiger partial charge in [-0.15, -0.1) is 0 Å². The van der Waals surface area contributed by atoms with Gasteiger partial charge in [-0.3, -0.25) is 0 Å². The molecule has 0 saturated heterocycles. The number of rotatable bonds is 4. The Labute approximate surface area is 113 Å². The summed E-state index contributed by atoms with van der Waals surface area (Å²) in [6.45, 7) is 13.4. The largest absolute Gasteiger partial charge is 0.329 e. The van der Waals surface area contributed by atoms with Gasteiger partial charge in [0.1, 0.15) is 0 Å². The van der Waals surface area contributed by atoms with Gasteiger partial charge in [0, 0.05) is 12.4 Å². The molecule has 0 radical (unpaired) electrons. The van der Waals surface area contributed by atoms with E-state index in [4.69, 9.17) is 0 Å². The predicted octanol–water partition coefficient (Wildman–Crippen LogP) is 4.19. The lowest BCUT2D eigenvalue weighted by molar-refractivity contribution is 1.54. The van der Waals surface area contributed by atoms with E-state index >= 15 is 0 Å². The van der Waals surface area contributed by atoms with Gasteiger partial charge in [-0.25, -0.2) is 0 Å². The normalized spacial score (nSPS) is 13.7. The van der Waals surface area contributed by atoms with Gasteiger partial charge in [-0.2, -0.15) is 0 Å². The van der Waals surface area contributed by atoms with Crippen molar-refractivity contribution in [2.24, 2.45) is 9.32 Å². The summed E-state index contributed by atoms with van der Waals surface area (Å²) in [5.41, 5.74) is 2.34. The van der Waals surface area contributed by atoms with E-state index < -0.39 is 16.5 Å². The highest BCUT2D eigenvalue weighted by Crippen LogP contribution is 2.06. The molecule has 0 spiro atoms. The summed E-state index contributed by atoms with van der Waals surface area (Å²) in [5.74, 6) is 0. The Balaban J connectivity index is 2.75. The molecule has 1 aromatic rings. The molecule has 18 heavy (non-hydrogen) atoms. The first-order chi connectivity index (χ1) is 8.16. The molecule has 0 bridgehead atoms. The van der Waals surface area contributed by atoms with E-state index in [1.807, 2.05) is 12.4 Å². The van der Waals surface area contributed by atoms with Crippen LogP contribution in [0.25, 0.3) is 0 Å². The molecule has 0 unspecified atom stereocenters. The summed E-state index contributed by atoms with van der Waals surface area (Å²) in [4.78, 5) is 0. The first-order valence-electron chi connectivity index (χ1n) is 6.36. The van der Waals surface area contributed by atoms with Gasteiger partial charge in [0.2, 0.25) is 0 Å². The van der Waals surface area contributed by atoms with E-state index in [-0.39, 0.29) is 0 Å². The maximum Gasteiger partial charge on any atom is 0.172 e. The molecule has 4 heteroatoms. The second-order valence-corrected chi connectivity index (χ2v) is 15.7. The lowest BCUT2D eigenvalue weighted by atomic mass is 10.2. The number of hydrogen-bond acceptors (Lipinski definition) is 2. The molecule has 0 N–H and O–H groups in total. The zero-order valence-electron chi connectivity index (χ0n) is 12.4. The molecule has 0 aliphatic carbocycles. The zero-order valence-corrected chi connectivity index (χ0v) is 14.4. The summed E-state index contributed by atoms with van der Waals surface area (Å²) in [6.07, 6.45) is 3.98. The van der Waals surface area contributed by atoms with E-state index in [1.54, 1.807) is 0 Å². The average Bonchev–Trinajstić information content (AvgIpc) is 2.23. The number of nitrogens with zero attached hydrogens (tertiary/aromatic N) is 2. The average molecular weight is 277 g/mol. The topological polar surface area (TPSA) is 24.7 Å². The van der Waals surface area contributed by atoms with Crippen molar-refractivity contribution in [3.8, 4) is 0 Å². The molecule has 0 aliphatic rings. The van der Waals surface area contributed by atoms with Crippen LogP contribution in [0.15, 0.2) is 33.6 Å². The summed E-state index contributed by atoms with van der Waals surface area (Å²) >= 11 is 0. The fourth-order valence-corrected chi connectivity index (χ4v) is 2.28. The van der Waals surface area contributed by atoms with Crippen LogP contribution in [0.3, 0.4) is 0 Å². The second-order valence-electron chi connectivity index (χ2n) is 6.52. The molecule has 0 fully saturated rings. The van der Waals surface area contributed by atoms with E-state index in [0.717, 1.165) is 0 Å². The summed E-state index contributed by atoms with van der Waals surface area (Å²) < 4.78 is 9.26. The number of benzene rings is 1. The fourth-order valence-electron chi connectivity index (χ4n) is 1.20. The highest BCUT2D eigenvalue weighted by molar-refractivity contribution is 6.75. The first kappa shape index (κ1) is 15.1. The van der Waals surface area contributed by atoms with Crippen molar-refractivity contribution in [3.63, 3.8) is 0 Å². The molecule has 0 aliphatic heterocycles. The highest BCUT2D eigenvalue weighted by Gasteiger charge is 2.09. The fraction of sp³-hybridized carbons (Fsp3) is 0.429. The van der Waals surface area contributed by atoms with Crippen molar-refractivity contribution in [2.45, 2.75) is 39.3 Å². The van der Waals surface area contributed by atoms with Crippen molar-refractivity contribution in [1.29, 1.82) is 0 Å². The predicted molar refractivity (Wildman–Crippen MR) is 88.3 cm³/mol. The quantitative estimate of drug-likeness (QED) is 0.582. The van der Waals surface area contributed by atoms with Gasteiger partial charge in [0.25, 0.3) is 0 Å². The van der Waals surface area contributed by atoms with Crippen LogP contribution in [-0.4, -0.2) is 28.9 Å². The highest BCUT2D eigenvalue weighted by atomic mass is 28.3. The third-order valence-electron chi connectivity index (χ3n) is 2.14. The molecular weight excluding hydrogens is 252 g/mol. The van der Waals surface area contributed by atoms with Gasteiger partial charge in [-0.05, 0) is 50.4 Å². The second kappa shape index (κ2) is 5.76. The number of hydrogen-bond donors (Lipinski definition) is 0. The Morgan fingerprint density at radius 1 is 0.667 bits per heavy atom. The van der Waals surface area contributed by atoms with Crippen LogP contribution in [0, 0.1) is 0 Å². The standard InChI is InChI=1S/C14H24N2Si2/c1-17(2,3)15-11-13-7-9-14(10-8-13)12-16-18(4,5)6/h7-12H,1-6H3/b15-11+,16-12+. The Kier molecular flexibility index (Phi) is 4.81. The monoisotopic (exact) mass is 276 g/mol. The summed E-state index contributed by atoms with van der Waals surface area (Å²) in [7, 11) is -2.69. The van der Waals surface area contributed by atoms with Crippen LogP contribution in [0.1, 0.15) is 11.1 Å². The van der Waals surface area contributed by atoms with Crippen molar-refractivity contribution in [3.05, 3.63) is 35.4 Å². The molecule has 98 valence electrons. The molecule has 0 aromatic heterocycles. The van der Waals surface area contributed by atoms with Crippen LogP contribution in [0.5, 0.6) is 0 Å². The Morgan fingerprint density at radius 3 is 1.17 bits per heavy atom. The van der Waals surface area contributed by atoms with Gasteiger partial charge in [0.15, 0.2) is 16.5 Å². The van der Waals surface area contributed by atoms with E-state index in [0.29, 0.717) is 0 Å². The minimum atomic E-state index is -1.34. The van der Waals surface area contributed by atoms with Crippen LogP contribution >= 0.6 is 0 Å². The Bertz CT molecular complexity index is 391. The minimum absolute atomic E-state index is 1.17. The SMILES string of the molecule is C[Si](C)(C)/N=C/c1ccc(/C=N/[Si](C)(C)C)cc1. The third-order valence-corrected chi connectivity index (χ3v) is 3.95. The van der Waals surface area contributed by atoms with E-state index in [2.05, 4.69) is 72.9 Å². The molecular formula is C14H24N2Si2. The minimum Gasteiger partial charge on any atom is -0.329 e.